The fraction of sp³-hybridized carbons (Fsp3) is 0.385. The van der Waals surface area contributed by atoms with E-state index in [1.54, 1.807) is 0 Å². The lowest BCUT2D eigenvalue weighted by Crippen LogP contribution is -2.45. The Labute approximate surface area is 96.0 Å². The van der Waals surface area contributed by atoms with Gasteiger partial charge in [-0.1, -0.05) is 36.4 Å². The molecule has 86 valence electrons. The lowest BCUT2D eigenvalue weighted by molar-refractivity contribution is -0.179. The quantitative estimate of drug-likeness (QED) is 0.783. The van der Waals surface area contributed by atoms with Gasteiger partial charge in [0.05, 0.1) is 12.6 Å². The summed E-state index contributed by atoms with van der Waals surface area (Å²) >= 11 is 0. The highest BCUT2D eigenvalue weighted by Gasteiger charge is 2.31. The van der Waals surface area contributed by atoms with Crippen molar-refractivity contribution < 1.29 is 9.84 Å². The van der Waals surface area contributed by atoms with Crippen LogP contribution in [-0.2, 0) is 4.74 Å². The number of morpholine rings is 1. The van der Waals surface area contributed by atoms with Crippen LogP contribution in [0.1, 0.15) is 11.6 Å². The van der Waals surface area contributed by atoms with Gasteiger partial charge in [0.15, 0.2) is 6.29 Å². The summed E-state index contributed by atoms with van der Waals surface area (Å²) in [5.74, 6) is 0. The number of ether oxygens (including phenoxy) is 1. The van der Waals surface area contributed by atoms with Gasteiger partial charge >= 0.3 is 0 Å². The predicted octanol–water partition coefficient (Wildman–Crippen LogP) is 1.56. The molecule has 0 radical (unpaired) electrons. The van der Waals surface area contributed by atoms with Gasteiger partial charge < -0.3 is 9.84 Å². The first-order valence-electron chi connectivity index (χ1n) is 5.52. The molecule has 1 fully saturated rings. The highest BCUT2D eigenvalue weighted by atomic mass is 16.6. The van der Waals surface area contributed by atoms with Crippen LogP contribution in [0.2, 0.25) is 0 Å². The summed E-state index contributed by atoms with van der Waals surface area (Å²) in [6.07, 6.45) is 1.10. The number of aliphatic hydroxyl groups is 1. The van der Waals surface area contributed by atoms with Gasteiger partial charge in [-0.05, 0) is 5.56 Å². The van der Waals surface area contributed by atoms with Crippen molar-refractivity contribution in [3.05, 3.63) is 48.6 Å². The average Bonchev–Trinajstić information content (AvgIpc) is 2.31. The van der Waals surface area contributed by atoms with E-state index in [0.717, 1.165) is 18.7 Å². The third-order valence-corrected chi connectivity index (χ3v) is 2.84. The first-order valence-corrected chi connectivity index (χ1v) is 5.52. The molecule has 1 aromatic carbocycles. The van der Waals surface area contributed by atoms with Crippen LogP contribution < -0.4 is 0 Å². The Morgan fingerprint density at radius 2 is 2.19 bits per heavy atom. The van der Waals surface area contributed by atoms with Gasteiger partial charge in [-0.2, -0.15) is 0 Å². The minimum absolute atomic E-state index is 0.0899. The summed E-state index contributed by atoms with van der Waals surface area (Å²) in [5.41, 5.74) is 1.08. The van der Waals surface area contributed by atoms with E-state index in [1.165, 1.54) is 0 Å². The Kier molecular flexibility index (Phi) is 3.72. The number of hydrogen-bond acceptors (Lipinski definition) is 3. The van der Waals surface area contributed by atoms with Crippen LogP contribution in [0, 0.1) is 0 Å². The lowest BCUT2D eigenvalue weighted by atomic mass is 10.0. The topological polar surface area (TPSA) is 32.7 Å². The van der Waals surface area contributed by atoms with Crippen molar-refractivity contribution in [3.63, 3.8) is 0 Å². The van der Waals surface area contributed by atoms with Crippen LogP contribution in [0.3, 0.4) is 0 Å². The molecule has 2 unspecified atom stereocenters. The van der Waals surface area contributed by atoms with Crippen LogP contribution in [0.5, 0.6) is 0 Å². The van der Waals surface area contributed by atoms with Crippen molar-refractivity contribution in [2.75, 3.05) is 19.7 Å². The van der Waals surface area contributed by atoms with E-state index in [9.17, 15) is 5.11 Å². The Morgan fingerprint density at radius 3 is 2.88 bits per heavy atom. The maximum absolute atomic E-state index is 9.92. The van der Waals surface area contributed by atoms with E-state index >= 15 is 0 Å². The van der Waals surface area contributed by atoms with E-state index in [2.05, 4.69) is 11.5 Å². The van der Waals surface area contributed by atoms with Gasteiger partial charge in [0.25, 0.3) is 0 Å². The van der Waals surface area contributed by atoms with Crippen LogP contribution in [0.15, 0.2) is 43.0 Å². The molecule has 1 saturated heterocycles. The normalized spacial score (nSPS) is 26.6. The largest absolute Gasteiger partial charge is 0.366 e. The first-order chi connectivity index (χ1) is 7.83. The van der Waals surface area contributed by atoms with Crippen molar-refractivity contribution in [2.24, 2.45) is 0 Å². The lowest BCUT2D eigenvalue weighted by Gasteiger charge is -2.38. The number of hydrogen-bond donors (Lipinski definition) is 1. The van der Waals surface area contributed by atoms with E-state index in [1.807, 2.05) is 36.4 Å². The summed E-state index contributed by atoms with van der Waals surface area (Å²) in [7, 11) is 0. The maximum atomic E-state index is 9.92. The standard InChI is InChI=1S/C13H17NO2/c1-2-8-14-9-10-16-13(15)12(14)11-6-4-3-5-7-11/h2-7,12-13,15H,1,8-10H2. The molecule has 3 nitrogen and oxygen atoms in total. The SMILES string of the molecule is C=CCN1CCOC(O)C1c1ccccc1. The van der Waals surface area contributed by atoms with E-state index < -0.39 is 6.29 Å². The number of rotatable bonds is 3. The number of nitrogens with zero attached hydrogens (tertiary/aromatic N) is 1. The van der Waals surface area contributed by atoms with E-state index in [4.69, 9.17) is 4.74 Å². The van der Waals surface area contributed by atoms with E-state index in [0.29, 0.717) is 6.61 Å². The molecule has 1 aliphatic heterocycles. The molecule has 0 saturated carbocycles. The van der Waals surface area contributed by atoms with Crippen molar-refractivity contribution in [1.29, 1.82) is 0 Å². The van der Waals surface area contributed by atoms with Crippen molar-refractivity contribution in [1.82, 2.24) is 4.90 Å². The summed E-state index contributed by atoms with van der Waals surface area (Å²) in [5, 5.41) is 9.92. The second kappa shape index (κ2) is 5.25. The van der Waals surface area contributed by atoms with Crippen molar-refractivity contribution in [3.8, 4) is 0 Å². The molecule has 1 heterocycles. The number of aliphatic hydroxyl groups excluding tert-OH is 1. The molecule has 1 aromatic rings. The van der Waals surface area contributed by atoms with Gasteiger partial charge in [0.2, 0.25) is 0 Å². The summed E-state index contributed by atoms with van der Waals surface area (Å²) < 4.78 is 5.30. The molecular weight excluding hydrogens is 202 g/mol. The summed E-state index contributed by atoms with van der Waals surface area (Å²) in [6.45, 7) is 5.90. The van der Waals surface area contributed by atoms with Gasteiger partial charge in [0.1, 0.15) is 0 Å². The molecule has 0 amide bonds. The minimum atomic E-state index is -0.754. The highest BCUT2D eigenvalue weighted by Crippen LogP contribution is 2.27. The smallest absolute Gasteiger partial charge is 0.174 e. The highest BCUT2D eigenvalue weighted by molar-refractivity contribution is 5.20. The Morgan fingerprint density at radius 1 is 1.44 bits per heavy atom. The summed E-state index contributed by atoms with van der Waals surface area (Å²) in [4.78, 5) is 2.18. The number of benzene rings is 1. The molecule has 0 aliphatic carbocycles. The Hall–Kier alpha value is -1.16. The molecule has 0 spiro atoms. The van der Waals surface area contributed by atoms with Crippen LogP contribution in [0.4, 0.5) is 0 Å². The molecule has 2 atom stereocenters. The molecule has 0 aromatic heterocycles. The molecule has 16 heavy (non-hydrogen) atoms. The predicted molar refractivity (Wildman–Crippen MR) is 62.9 cm³/mol. The van der Waals surface area contributed by atoms with Gasteiger partial charge in [-0.15, -0.1) is 6.58 Å². The Bertz CT molecular complexity index is 339. The second-order valence-electron chi connectivity index (χ2n) is 3.90. The third kappa shape index (κ3) is 2.32. The van der Waals surface area contributed by atoms with E-state index in [-0.39, 0.29) is 6.04 Å². The van der Waals surface area contributed by atoms with Crippen LogP contribution in [0.25, 0.3) is 0 Å². The minimum Gasteiger partial charge on any atom is -0.366 e. The van der Waals surface area contributed by atoms with Crippen molar-refractivity contribution in [2.45, 2.75) is 12.3 Å². The van der Waals surface area contributed by atoms with Crippen LogP contribution >= 0.6 is 0 Å². The maximum Gasteiger partial charge on any atom is 0.174 e. The molecule has 1 aliphatic rings. The second-order valence-corrected chi connectivity index (χ2v) is 3.90. The monoisotopic (exact) mass is 219 g/mol. The fourth-order valence-corrected chi connectivity index (χ4v) is 2.10. The zero-order chi connectivity index (χ0) is 11.4. The Balaban J connectivity index is 2.22. The third-order valence-electron chi connectivity index (χ3n) is 2.84. The van der Waals surface area contributed by atoms with Gasteiger partial charge in [-0.3, -0.25) is 4.90 Å². The average molecular weight is 219 g/mol. The zero-order valence-electron chi connectivity index (χ0n) is 9.25. The van der Waals surface area contributed by atoms with Crippen molar-refractivity contribution >= 4 is 0 Å². The van der Waals surface area contributed by atoms with Gasteiger partial charge in [-0.25, -0.2) is 0 Å². The summed E-state index contributed by atoms with van der Waals surface area (Å²) in [6, 6.07) is 9.85. The molecule has 3 heteroatoms. The molecule has 0 bridgehead atoms. The fourth-order valence-electron chi connectivity index (χ4n) is 2.10. The molecule has 1 N–H and O–H groups in total. The molecular formula is C13H17NO2. The van der Waals surface area contributed by atoms with Gasteiger partial charge in [0, 0.05) is 13.1 Å². The zero-order valence-corrected chi connectivity index (χ0v) is 9.25. The van der Waals surface area contributed by atoms with Crippen LogP contribution in [-0.4, -0.2) is 36.0 Å². The molecule has 2 rings (SSSR count). The first kappa shape index (κ1) is 11.3.